The highest BCUT2D eigenvalue weighted by Crippen LogP contribution is 2.36. The van der Waals surface area contributed by atoms with E-state index in [1.807, 2.05) is 0 Å². The van der Waals surface area contributed by atoms with Gasteiger partial charge in [0.25, 0.3) is 0 Å². The first-order valence-electron chi connectivity index (χ1n) is 10.6. The second kappa shape index (κ2) is 12.0. The van der Waals surface area contributed by atoms with Gasteiger partial charge in [-0.2, -0.15) is 0 Å². The van der Waals surface area contributed by atoms with Gasteiger partial charge in [0.15, 0.2) is 11.0 Å². The first-order chi connectivity index (χ1) is 17.8. The van der Waals surface area contributed by atoms with E-state index in [2.05, 4.69) is 15.5 Å². The SMILES string of the molecule is COC(=O)c1c(-c2ccc(Cl)cc2)csc1NC(=O)CSc1nnc(COc2ccc(F)c(Cl)c2)n1C. The van der Waals surface area contributed by atoms with E-state index in [9.17, 15) is 14.0 Å². The van der Waals surface area contributed by atoms with Gasteiger partial charge in [-0.05, 0) is 29.8 Å². The Kier molecular flexibility index (Phi) is 8.70. The fourth-order valence-electron chi connectivity index (χ4n) is 3.20. The molecule has 0 aliphatic carbocycles. The number of halogens is 3. The van der Waals surface area contributed by atoms with Crippen molar-refractivity contribution in [3.05, 3.63) is 75.1 Å². The summed E-state index contributed by atoms with van der Waals surface area (Å²) in [7, 11) is 3.02. The van der Waals surface area contributed by atoms with Crippen molar-refractivity contribution < 1.29 is 23.5 Å². The third-order valence-electron chi connectivity index (χ3n) is 5.11. The Morgan fingerprint density at radius 2 is 1.92 bits per heavy atom. The number of aromatic nitrogens is 3. The summed E-state index contributed by atoms with van der Waals surface area (Å²) >= 11 is 14.1. The largest absolute Gasteiger partial charge is 0.486 e. The van der Waals surface area contributed by atoms with Crippen molar-refractivity contribution in [1.29, 1.82) is 0 Å². The number of thiophene rings is 1. The number of hydrogen-bond donors (Lipinski definition) is 1. The summed E-state index contributed by atoms with van der Waals surface area (Å²) in [6.07, 6.45) is 0. The number of rotatable bonds is 9. The molecule has 8 nitrogen and oxygen atoms in total. The summed E-state index contributed by atoms with van der Waals surface area (Å²) in [6.45, 7) is 0.0728. The van der Waals surface area contributed by atoms with Crippen molar-refractivity contribution >= 4 is 63.2 Å². The van der Waals surface area contributed by atoms with Gasteiger partial charge >= 0.3 is 5.97 Å². The highest BCUT2D eigenvalue weighted by molar-refractivity contribution is 7.99. The second-order valence-corrected chi connectivity index (χ2v) is 10.2. The van der Waals surface area contributed by atoms with Crippen LogP contribution in [0.1, 0.15) is 16.2 Å². The minimum atomic E-state index is -0.561. The van der Waals surface area contributed by atoms with Crippen LogP contribution in [0, 0.1) is 5.82 Å². The van der Waals surface area contributed by atoms with Crippen LogP contribution in [0.2, 0.25) is 10.0 Å². The van der Waals surface area contributed by atoms with Crippen molar-refractivity contribution in [2.24, 2.45) is 7.05 Å². The van der Waals surface area contributed by atoms with Crippen LogP contribution >= 0.6 is 46.3 Å². The zero-order valence-electron chi connectivity index (χ0n) is 19.5. The van der Waals surface area contributed by atoms with Gasteiger partial charge in [-0.1, -0.05) is 47.1 Å². The Bertz CT molecular complexity index is 1440. The van der Waals surface area contributed by atoms with Crippen LogP contribution in [0.5, 0.6) is 5.75 Å². The third kappa shape index (κ3) is 6.42. The molecule has 0 aliphatic rings. The smallest absolute Gasteiger partial charge is 0.341 e. The molecule has 0 saturated heterocycles. The topological polar surface area (TPSA) is 95.3 Å². The number of ether oxygens (including phenoxy) is 2. The maximum Gasteiger partial charge on any atom is 0.341 e. The van der Waals surface area contributed by atoms with E-state index < -0.39 is 11.8 Å². The average molecular weight is 581 g/mol. The van der Waals surface area contributed by atoms with Gasteiger partial charge < -0.3 is 19.4 Å². The molecule has 1 N–H and O–H groups in total. The van der Waals surface area contributed by atoms with Crippen molar-refractivity contribution in [2.75, 3.05) is 18.2 Å². The number of thioether (sulfide) groups is 1. The first kappa shape index (κ1) is 26.9. The molecule has 2 heterocycles. The number of amides is 1. The van der Waals surface area contributed by atoms with Crippen LogP contribution in [0.15, 0.2) is 53.0 Å². The number of hydrogen-bond acceptors (Lipinski definition) is 8. The molecule has 0 radical (unpaired) electrons. The Morgan fingerprint density at radius 1 is 1.16 bits per heavy atom. The Morgan fingerprint density at radius 3 is 2.62 bits per heavy atom. The molecule has 0 bridgehead atoms. The van der Waals surface area contributed by atoms with E-state index in [0.717, 1.165) is 5.56 Å². The fraction of sp³-hybridized carbons (Fsp3) is 0.167. The molecule has 4 aromatic rings. The highest BCUT2D eigenvalue weighted by Gasteiger charge is 2.23. The molecular formula is C24H19Cl2FN4O4S2. The van der Waals surface area contributed by atoms with Gasteiger partial charge in [0.05, 0.1) is 17.9 Å². The zero-order valence-corrected chi connectivity index (χ0v) is 22.6. The predicted molar refractivity (Wildman–Crippen MR) is 142 cm³/mol. The maximum atomic E-state index is 13.3. The Hall–Kier alpha value is -3.12. The second-order valence-electron chi connectivity index (χ2n) is 7.51. The number of esters is 1. The molecule has 13 heteroatoms. The lowest BCUT2D eigenvalue weighted by molar-refractivity contribution is -0.113. The molecule has 0 spiro atoms. The van der Waals surface area contributed by atoms with Crippen LogP contribution in [0.4, 0.5) is 9.39 Å². The van der Waals surface area contributed by atoms with E-state index in [1.54, 1.807) is 41.3 Å². The normalized spacial score (nSPS) is 10.8. The number of nitrogens with one attached hydrogen (secondary N) is 1. The molecule has 0 unspecified atom stereocenters. The maximum absolute atomic E-state index is 13.3. The molecular weight excluding hydrogens is 562 g/mol. The summed E-state index contributed by atoms with van der Waals surface area (Å²) in [4.78, 5) is 25.2. The monoisotopic (exact) mass is 580 g/mol. The van der Waals surface area contributed by atoms with E-state index in [0.29, 0.717) is 32.3 Å². The number of benzene rings is 2. The molecule has 4 rings (SSSR count). The van der Waals surface area contributed by atoms with E-state index in [-0.39, 0.29) is 28.9 Å². The van der Waals surface area contributed by atoms with Gasteiger partial charge in [0.1, 0.15) is 28.7 Å². The van der Waals surface area contributed by atoms with Gasteiger partial charge in [-0.3, -0.25) is 4.79 Å². The van der Waals surface area contributed by atoms with Gasteiger partial charge in [0, 0.05) is 29.1 Å². The van der Waals surface area contributed by atoms with Crippen LogP contribution < -0.4 is 10.1 Å². The molecule has 0 saturated carbocycles. The summed E-state index contributed by atoms with van der Waals surface area (Å²) in [5, 5.41) is 14.2. The quantitative estimate of drug-likeness (QED) is 0.189. The van der Waals surface area contributed by atoms with Gasteiger partial charge in [-0.15, -0.1) is 21.5 Å². The van der Waals surface area contributed by atoms with Crippen molar-refractivity contribution in [2.45, 2.75) is 11.8 Å². The van der Waals surface area contributed by atoms with E-state index in [4.69, 9.17) is 32.7 Å². The third-order valence-corrected chi connectivity index (χ3v) is 7.56. The first-order valence-corrected chi connectivity index (χ1v) is 13.2. The summed E-state index contributed by atoms with van der Waals surface area (Å²) in [5.74, 6) is -0.515. The lowest BCUT2D eigenvalue weighted by Crippen LogP contribution is -2.16. The average Bonchev–Trinajstić information content (AvgIpc) is 3.46. The fourth-order valence-corrected chi connectivity index (χ4v) is 5.20. The van der Waals surface area contributed by atoms with E-state index >= 15 is 0 Å². The standard InChI is InChI=1S/C24H19Cl2FN4O4S2/c1-31-19(10-35-15-7-8-18(27)17(26)9-15)29-30-24(31)37-12-20(32)28-22-21(23(33)34-2)16(11-36-22)13-3-5-14(25)6-4-13/h3-9,11H,10,12H2,1-2H3,(H,28,32). The minimum Gasteiger partial charge on any atom is -0.486 e. The highest BCUT2D eigenvalue weighted by atomic mass is 35.5. The zero-order chi connectivity index (χ0) is 26.5. The van der Waals surface area contributed by atoms with Crippen molar-refractivity contribution in [3.8, 4) is 16.9 Å². The summed E-state index contributed by atoms with van der Waals surface area (Å²) < 4.78 is 25.5. The molecule has 0 aliphatic heterocycles. The van der Waals surface area contributed by atoms with Crippen LogP contribution in [0.25, 0.3) is 11.1 Å². The van der Waals surface area contributed by atoms with Crippen LogP contribution in [0.3, 0.4) is 0 Å². The van der Waals surface area contributed by atoms with E-state index in [1.165, 1.54) is 48.4 Å². The molecule has 2 aromatic carbocycles. The number of nitrogens with zero attached hydrogens (tertiary/aromatic N) is 3. The molecule has 1 amide bonds. The Balaban J connectivity index is 1.39. The Labute approximate surface area is 229 Å². The number of anilines is 1. The van der Waals surface area contributed by atoms with Gasteiger partial charge in [0.2, 0.25) is 5.91 Å². The van der Waals surface area contributed by atoms with Gasteiger partial charge in [-0.25, -0.2) is 9.18 Å². The molecule has 0 fully saturated rings. The molecule has 0 atom stereocenters. The summed E-state index contributed by atoms with van der Waals surface area (Å²) in [5.41, 5.74) is 1.68. The van der Waals surface area contributed by atoms with Crippen molar-refractivity contribution in [3.63, 3.8) is 0 Å². The lowest BCUT2D eigenvalue weighted by Gasteiger charge is -2.08. The number of carbonyl (C=O) groups excluding carboxylic acids is 2. The number of carbonyl (C=O) groups is 2. The van der Waals surface area contributed by atoms with Crippen LogP contribution in [-0.4, -0.2) is 39.5 Å². The summed E-state index contributed by atoms with van der Waals surface area (Å²) in [6, 6.07) is 11.1. The number of methoxy groups -OCH3 is 1. The molecule has 37 heavy (non-hydrogen) atoms. The molecule has 2 aromatic heterocycles. The lowest BCUT2D eigenvalue weighted by atomic mass is 10.0. The van der Waals surface area contributed by atoms with Crippen LogP contribution in [-0.2, 0) is 23.2 Å². The molecule has 192 valence electrons. The predicted octanol–water partition coefficient (Wildman–Crippen LogP) is 6.09. The minimum absolute atomic E-state index is 0.0230. The van der Waals surface area contributed by atoms with Crippen molar-refractivity contribution in [1.82, 2.24) is 14.8 Å².